The molecule has 0 aliphatic heterocycles. The number of aromatic nitrogens is 6. The minimum atomic E-state index is -0.745. The average molecular weight is 491 g/mol. The molecule has 2 aromatic heterocycles. The highest BCUT2D eigenvalue weighted by atomic mass is 16.3. The SMILES string of the molecule is Cc1cc(-c2cccc3n[nH]nc23)c(O)c(C(C)(C)c2cc(C)cc(-c3cccc4n[nH]nc34)c2O)c1. The van der Waals surface area contributed by atoms with Crippen molar-refractivity contribution in [1.29, 1.82) is 0 Å². The molecule has 6 rings (SSSR count). The molecule has 2 heterocycles. The Kier molecular flexibility index (Phi) is 5.01. The van der Waals surface area contributed by atoms with Crippen molar-refractivity contribution in [2.24, 2.45) is 0 Å². The fourth-order valence-electron chi connectivity index (χ4n) is 5.24. The highest BCUT2D eigenvalue weighted by Gasteiger charge is 2.32. The molecular formula is C29H26N6O2. The van der Waals surface area contributed by atoms with Gasteiger partial charge in [0.1, 0.15) is 33.6 Å². The first-order chi connectivity index (χ1) is 17.8. The molecule has 0 radical (unpaired) electrons. The highest BCUT2D eigenvalue weighted by molar-refractivity contribution is 5.95. The Balaban J connectivity index is 1.57. The van der Waals surface area contributed by atoms with Gasteiger partial charge in [-0.2, -0.15) is 30.8 Å². The van der Waals surface area contributed by atoms with Gasteiger partial charge in [0.15, 0.2) is 0 Å². The lowest BCUT2D eigenvalue weighted by Gasteiger charge is -2.30. The van der Waals surface area contributed by atoms with Crippen molar-refractivity contribution in [1.82, 2.24) is 30.8 Å². The lowest BCUT2D eigenvalue weighted by atomic mass is 9.74. The van der Waals surface area contributed by atoms with E-state index in [1.165, 1.54) is 0 Å². The van der Waals surface area contributed by atoms with Crippen LogP contribution in [0.2, 0.25) is 0 Å². The Hall–Kier alpha value is -4.72. The summed E-state index contributed by atoms with van der Waals surface area (Å²) in [7, 11) is 0. The van der Waals surface area contributed by atoms with Crippen LogP contribution in [0.15, 0.2) is 60.7 Å². The van der Waals surface area contributed by atoms with E-state index < -0.39 is 5.41 Å². The molecule has 0 unspecified atom stereocenters. The molecule has 0 aliphatic carbocycles. The lowest BCUT2D eigenvalue weighted by molar-refractivity contribution is 0.437. The van der Waals surface area contributed by atoms with Crippen molar-refractivity contribution >= 4 is 22.1 Å². The molecule has 4 N–H and O–H groups in total. The Bertz CT molecular complexity index is 1680. The van der Waals surface area contributed by atoms with Gasteiger partial charge in [-0.25, -0.2) is 0 Å². The number of aromatic hydroxyl groups is 2. The maximum absolute atomic E-state index is 11.7. The molecule has 6 aromatic rings. The number of aromatic amines is 2. The topological polar surface area (TPSA) is 124 Å². The van der Waals surface area contributed by atoms with E-state index in [1.807, 2.05) is 88.4 Å². The van der Waals surface area contributed by atoms with Gasteiger partial charge in [-0.1, -0.05) is 50.2 Å². The lowest BCUT2D eigenvalue weighted by Crippen LogP contribution is -2.20. The molecule has 4 aromatic carbocycles. The third-order valence-corrected chi connectivity index (χ3v) is 7.13. The quantitative estimate of drug-likeness (QED) is 0.243. The summed E-state index contributed by atoms with van der Waals surface area (Å²) in [5.74, 6) is 0.291. The second-order valence-electron chi connectivity index (χ2n) is 10.0. The van der Waals surface area contributed by atoms with Crippen LogP contribution in [0.3, 0.4) is 0 Å². The molecule has 184 valence electrons. The number of phenols is 2. The van der Waals surface area contributed by atoms with Crippen LogP contribution in [-0.4, -0.2) is 41.0 Å². The summed E-state index contributed by atoms with van der Waals surface area (Å²) in [5, 5.41) is 45.7. The maximum atomic E-state index is 11.7. The monoisotopic (exact) mass is 490 g/mol. The van der Waals surface area contributed by atoms with Gasteiger partial charge in [-0.05, 0) is 49.2 Å². The molecule has 0 spiro atoms. The number of hydrogen-bond donors (Lipinski definition) is 4. The number of rotatable bonds is 4. The van der Waals surface area contributed by atoms with Crippen LogP contribution in [0.4, 0.5) is 0 Å². The molecule has 8 nitrogen and oxygen atoms in total. The Morgan fingerprint density at radius 1 is 0.595 bits per heavy atom. The number of aryl methyl sites for hydroxylation is 2. The summed E-state index contributed by atoms with van der Waals surface area (Å²) in [6.07, 6.45) is 0. The molecule has 0 aliphatic rings. The Labute approximate surface area is 213 Å². The van der Waals surface area contributed by atoms with Crippen molar-refractivity contribution in [2.75, 3.05) is 0 Å². The zero-order valence-corrected chi connectivity index (χ0v) is 21.0. The minimum Gasteiger partial charge on any atom is -0.507 e. The van der Waals surface area contributed by atoms with Crippen LogP contribution in [0.25, 0.3) is 44.3 Å². The van der Waals surface area contributed by atoms with Gasteiger partial charge >= 0.3 is 0 Å². The zero-order valence-electron chi connectivity index (χ0n) is 21.0. The van der Waals surface area contributed by atoms with Crippen LogP contribution < -0.4 is 0 Å². The summed E-state index contributed by atoms with van der Waals surface area (Å²) in [6.45, 7) is 8.02. The van der Waals surface area contributed by atoms with Crippen LogP contribution in [0.5, 0.6) is 11.5 Å². The van der Waals surface area contributed by atoms with Gasteiger partial charge in [-0.3, -0.25) is 0 Å². The molecular weight excluding hydrogens is 464 g/mol. The first kappa shape index (κ1) is 22.7. The third-order valence-electron chi connectivity index (χ3n) is 7.13. The molecule has 0 atom stereocenters. The number of benzene rings is 4. The number of H-pyrrole nitrogens is 2. The van der Waals surface area contributed by atoms with Gasteiger partial charge in [-0.15, -0.1) is 0 Å². The van der Waals surface area contributed by atoms with Crippen LogP contribution in [-0.2, 0) is 5.41 Å². The number of nitrogens with zero attached hydrogens (tertiary/aromatic N) is 4. The predicted octanol–water partition coefficient (Wildman–Crippen LogP) is 5.92. The Morgan fingerprint density at radius 2 is 1.03 bits per heavy atom. The fraction of sp³-hybridized carbons (Fsp3) is 0.172. The van der Waals surface area contributed by atoms with E-state index in [9.17, 15) is 10.2 Å². The molecule has 0 amide bonds. The molecule has 37 heavy (non-hydrogen) atoms. The van der Waals surface area contributed by atoms with Crippen LogP contribution >= 0.6 is 0 Å². The van der Waals surface area contributed by atoms with Crippen LogP contribution in [0, 0.1) is 13.8 Å². The van der Waals surface area contributed by atoms with Crippen molar-refractivity contribution in [3.05, 3.63) is 82.9 Å². The van der Waals surface area contributed by atoms with E-state index in [1.54, 1.807) is 0 Å². The highest BCUT2D eigenvalue weighted by Crippen LogP contribution is 2.48. The number of phenolic OH excluding ortho intramolecular Hbond substituents is 2. The summed E-state index contributed by atoms with van der Waals surface area (Å²) < 4.78 is 0. The number of hydrogen-bond acceptors (Lipinski definition) is 6. The number of para-hydroxylation sites is 2. The van der Waals surface area contributed by atoms with Gasteiger partial charge < -0.3 is 10.2 Å². The molecule has 0 bridgehead atoms. The van der Waals surface area contributed by atoms with E-state index >= 15 is 0 Å². The van der Waals surface area contributed by atoms with Crippen molar-refractivity contribution in [3.8, 4) is 33.8 Å². The van der Waals surface area contributed by atoms with Gasteiger partial charge in [0.25, 0.3) is 0 Å². The van der Waals surface area contributed by atoms with Gasteiger partial charge in [0, 0.05) is 38.8 Å². The smallest absolute Gasteiger partial charge is 0.127 e. The first-order valence-electron chi connectivity index (χ1n) is 12.0. The predicted molar refractivity (Wildman–Crippen MR) is 144 cm³/mol. The second kappa shape index (κ2) is 8.16. The third kappa shape index (κ3) is 3.52. The summed E-state index contributed by atoms with van der Waals surface area (Å²) in [5.41, 5.74) is 8.37. The zero-order chi connectivity index (χ0) is 25.9. The largest absolute Gasteiger partial charge is 0.507 e. The second-order valence-corrected chi connectivity index (χ2v) is 10.0. The van der Waals surface area contributed by atoms with E-state index in [4.69, 9.17) is 0 Å². The standard InChI is InChI=1S/C29H26N6O2/c1-15-11-19(17-7-5-9-23-25(17)32-34-30-23)27(36)21(13-15)29(3,4)22-14-16(2)12-20(28(22)37)18-8-6-10-24-26(18)33-35-31-24/h5-14,36-37H,1-4H3,(H,30,32,34)(H,31,33,35). The Morgan fingerprint density at radius 3 is 1.46 bits per heavy atom. The average Bonchev–Trinajstić information content (AvgIpc) is 3.55. The molecule has 0 fully saturated rings. The van der Waals surface area contributed by atoms with Crippen molar-refractivity contribution in [2.45, 2.75) is 33.1 Å². The van der Waals surface area contributed by atoms with E-state index in [2.05, 4.69) is 30.8 Å². The number of nitrogens with one attached hydrogen (secondary N) is 2. The molecule has 0 saturated heterocycles. The first-order valence-corrected chi connectivity index (χ1v) is 12.0. The molecule has 8 heteroatoms. The van der Waals surface area contributed by atoms with Crippen molar-refractivity contribution < 1.29 is 10.2 Å². The van der Waals surface area contributed by atoms with E-state index in [0.717, 1.165) is 33.3 Å². The van der Waals surface area contributed by atoms with E-state index in [0.29, 0.717) is 33.3 Å². The maximum Gasteiger partial charge on any atom is 0.127 e. The van der Waals surface area contributed by atoms with Crippen molar-refractivity contribution in [3.63, 3.8) is 0 Å². The molecule has 0 saturated carbocycles. The minimum absolute atomic E-state index is 0.146. The summed E-state index contributed by atoms with van der Waals surface area (Å²) >= 11 is 0. The van der Waals surface area contributed by atoms with E-state index in [-0.39, 0.29) is 11.5 Å². The van der Waals surface area contributed by atoms with Gasteiger partial charge in [0.05, 0.1) is 0 Å². The fourth-order valence-corrected chi connectivity index (χ4v) is 5.24. The summed E-state index contributed by atoms with van der Waals surface area (Å²) in [6, 6.07) is 19.3. The van der Waals surface area contributed by atoms with Gasteiger partial charge in [0.2, 0.25) is 0 Å². The normalized spacial score (nSPS) is 12.0. The van der Waals surface area contributed by atoms with Crippen LogP contribution in [0.1, 0.15) is 36.1 Å². The summed E-state index contributed by atoms with van der Waals surface area (Å²) in [4.78, 5) is 0. The number of fused-ring (bicyclic) bond motifs is 2.